The van der Waals surface area contributed by atoms with Gasteiger partial charge in [0.25, 0.3) is 0 Å². The van der Waals surface area contributed by atoms with E-state index < -0.39 is 11.7 Å². The smallest absolute Gasteiger partial charge is 0.265 e. The zero-order valence-electron chi connectivity index (χ0n) is 9.46. The molecule has 3 rings (SSSR count). The van der Waals surface area contributed by atoms with Gasteiger partial charge in [0.05, 0.1) is 16.8 Å². The van der Waals surface area contributed by atoms with Crippen molar-refractivity contribution in [2.45, 2.75) is 6.18 Å². The number of fused-ring (bicyclic) bond motifs is 1. The summed E-state index contributed by atoms with van der Waals surface area (Å²) < 4.78 is 39.4. The molecule has 0 saturated carbocycles. The number of alkyl halides is 3. The zero-order chi connectivity index (χ0) is 13.5. The van der Waals surface area contributed by atoms with Crippen LogP contribution in [0.4, 0.5) is 13.2 Å². The molecular weight excluding hydrogens is 257 g/mol. The lowest BCUT2D eigenvalue weighted by molar-refractivity contribution is -0.137. The van der Waals surface area contributed by atoms with Gasteiger partial charge in [-0.05, 0) is 30.3 Å². The first-order chi connectivity index (χ1) is 9.05. The van der Waals surface area contributed by atoms with Crippen LogP contribution in [0.1, 0.15) is 5.56 Å². The van der Waals surface area contributed by atoms with Gasteiger partial charge in [0.1, 0.15) is 5.52 Å². The number of benzene rings is 1. The predicted octanol–water partition coefficient (Wildman–Crippen LogP) is 2.83. The van der Waals surface area contributed by atoms with Crippen molar-refractivity contribution in [3.8, 4) is 5.69 Å². The van der Waals surface area contributed by atoms with Crippen LogP contribution in [0.5, 0.6) is 0 Å². The van der Waals surface area contributed by atoms with Crippen LogP contribution in [0.3, 0.4) is 0 Å². The Morgan fingerprint density at radius 2 is 1.74 bits per heavy atom. The van der Waals surface area contributed by atoms with Crippen molar-refractivity contribution < 1.29 is 13.2 Å². The molecule has 19 heavy (non-hydrogen) atoms. The zero-order valence-corrected chi connectivity index (χ0v) is 9.46. The first-order valence-electron chi connectivity index (χ1n) is 5.39. The summed E-state index contributed by atoms with van der Waals surface area (Å²) in [5.41, 5.74) is 0.597. The van der Waals surface area contributed by atoms with Crippen molar-refractivity contribution in [2.75, 3.05) is 0 Å². The van der Waals surface area contributed by atoms with Gasteiger partial charge in [-0.3, -0.25) is 4.98 Å². The highest BCUT2D eigenvalue weighted by atomic mass is 19.4. The van der Waals surface area contributed by atoms with Crippen LogP contribution in [0, 0.1) is 0 Å². The van der Waals surface area contributed by atoms with Crippen LogP contribution < -0.4 is 0 Å². The standard InChI is InChI=1S/C12H7F3N4/c13-12(14,15)8-1-2-10-11(7-8)19(18-17-10)9-3-5-16-6-4-9/h1-7H. The number of nitrogens with zero attached hydrogens (tertiary/aromatic N) is 4. The van der Waals surface area contributed by atoms with Crippen molar-refractivity contribution in [1.29, 1.82) is 0 Å². The highest BCUT2D eigenvalue weighted by molar-refractivity contribution is 5.77. The highest BCUT2D eigenvalue weighted by Crippen LogP contribution is 2.31. The van der Waals surface area contributed by atoms with Crippen LogP contribution >= 0.6 is 0 Å². The molecule has 3 aromatic rings. The molecular formula is C12H7F3N4. The molecule has 0 spiro atoms. The number of hydrogen-bond donors (Lipinski definition) is 0. The van der Waals surface area contributed by atoms with Gasteiger partial charge >= 0.3 is 6.18 Å². The molecule has 96 valence electrons. The summed E-state index contributed by atoms with van der Waals surface area (Å²) in [6, 6.07) is 6.63. The first-order valence-corrected chi connectivity index (χ1v) is 5.39. The molecule has 0 fully saturated rings. The molecule has 0 atom stereocenters. The van der Waals surface area contributed by atoms with E-state index in [0.717, 1.165) is 12.1 Å². The lowest BCUT2D eigenvalue weighted by atomic mass is 10.2. The van der Waals surface area contributed by atoms with E-state index in [9.17, 15) is 13.2 Å². The fourth-order valence-electron chi connectivity index (χ4n) is 1.77. The second-order valence-corrected chi connectivity index (χ2v) is 3.91. The maximum atomic E-state index is 12.7. The fraction of sp³-hybridized carbons (Fsp3) is 0.0833. The molecule has 1 aromatic carbocycles. The van der Waals surface area contributed by atoms with E-state index in [4.69, 9.17) is 0 Å². The maximum Gasteiger partial charge on any atom is 0.416 e. The lowest BCUT2D eigenvalue weighted by Gasteiger charge is -2.07. The molecule has 2 heterocycles. The molecule has 0 amide bonds. The summed E-state index contributed by atoms with van der Waals surface area (Å²) >= 11 is 0. The number of aromatic nitrogens is 4. The second kappa shape index (κ2) is 4.04. The molecule has 0 radical (unpaired) electrons. The van der Waals surface area contributed by atoms with Gasteiger partial charge in [-0.1, -0.05) is 5.21 Å². The molecule has 0 unspecified atom stereocenters. The van der Waals surface area contributed by atoms with E-state index >= 15 is 0 Å². The van der Waals surface area contributed by atoms with Crippen molar-refractivity contribution in [3.05, 3.63) is 48.3 Å². The van der Waals surface area contributed by atoms with Gasteiger partial charge in [-0.2, -0.15) is 13.2 Å². The minimum Gasteiger partial charge on any atom is -0.265 e. The largest absolute Gasteiger partial charge is 0.416 e. The van der Waals surface area contributed by atoms with E-state index in [1.54, 1.807) is 12.1 Å². The first kappa shape index (κ1) is 11.6. The Morgan fingerprint density at radius 1 is 1.00 bits per heavy atom. The minimum absolute atomic E-state index is 0.307. The Balaban J connectivity index is 2.22. The number of hydrogen-bond acceptors (Lipinski definition) is 3. The van der Waals surface area contributed by atoms with Crippen LogP contribution in [0.2, 0.25) is 0 Å². The predicted molar refractivity (Wildman–Crippen MR) is 61.7 cm³/mol. The maximum absolute atomic E-state index is 12.7. The molecule has 0 aliphatic heterocycles. The van der Waals surface area contributed by atoms with E-state index in [0.29, 0.717) is 16.7 Å². The minimum atomic E-state index is -4.39. The van der Waals surface area contributed by atoms with Gasteiger partial charge in [0, 0.05) is 12.4 Å². The quantitative estimate of drug-likeness (QED) is 0.678. The molecule has 0 aliphatic carbocycles. The molecule has 0 N–H and O–H groups in total. The summed E-state index contributed by atoms with van der Waals surface area (Å²) in [5.74, 6) is 0. The Bertz CT molecular complexity index is 719. The van der Waals surface area contributed by atoms with Crippen molar-refractivity contribution in [1.82, 2.24) is 20.0 Å². The van der Waals surface area contributed by atoms with E-state index in [1.165, 1.54) is 23.1 Å². The molecule has 0 bridgehead atoms. The van der Waals surface area contributed by atoms with Crippen molar-refractivity contribution >= 4 is 11.0 Å². The van der Waals surface area contributed by atoms with E-state index in [2.05, 4.69) is 15.3 Å². The summed E-state index contributed by atoms with van der Waals surface area (Å²) in [7, 11) is 0. The highest BCUT2D eigenvalue weighted by Gasteiger charge is 2.31. The Morgan fingerprint density at radius 3 is 2.42 bits per heavy atom. The molecule has 2 aromatic heterocycles. The van der Waals surface area contributed by atoms with Gasteiger partial charge in [0.2, 0.25) is 0 Å². The topological polar surface area (TPSA) is 43.6 Å². The lowest BCUT2D eigenvalue weighted by Crippen LogP contribution is -2.05. The third-order valence-electron chi connectivity index (χ3n) is 2.68. The second-order valence-electron chi connectivity index (χ2n) is 3.91. The van der Waals surface area contributed by atoms with Crippen LogP contribution in [-0.2, 0) is 6.18 Å². The Kier molecular flexibility index (Phi) is 2.48. The van der Waals surface area contributed by atoms with Gasteiger partial charge in [0.15, 0.2) is 0 Å². The van der Waals surface area contributed by atoms with Gasteiger partial charge in [-0.25, -0.2) is 4.68 Å². The fourth-order valence-corrected chi connectivity index (χ4v) is 1.77. The van der Waals surface area contributed by atoms with E-state index in [1.807, 2.05) is 0 Å². The summed E-state index contributed by atoms with van der Waals surface area (Å²) in [5, 5.41) is 7.70. The van der Waals surface area contributed by atoms with Crippen LogP contribution in [0.25, 0.3) is 16.7 Å². The van der Waals surface area contributed by atoms with Crippen molar-refractivity contribution in [2.24, 2.45) is 0 Å². The molecule has 0 aliphatic rings. The molecule has 7 heteroatoms. The van der Waals surface area contributed by atoms with Crippen LogP contribution in [-0.4, -0.2) is 20.0 Å². The van der Waals surface area contributed by atoms with Crippen molar-refractivity contribution in [3.63, 3.8) is 0 Å². The summed E-state index contributed by atoms with van der Waals surface area (Å²) in [6.45, 7) is 0. The Hall–Kier alpha value is -2.44. The van der Waals surface area contributed by atoms with Crippen LogP contribution in [0.15, 0.2) is 42.7 Å². The SMILES string of the molecule is FC(F)(F)c1ccc2nnn(-c3ccncc3)c2c1. The number of rotatable bonds is 1. The average molecular weight is 264 g/mol. The average Bonchev–Trinajstić information content (AvgIpc) is 2.81. The normalized spacial score (nSPS) is 11.9. The monoisotopic (exact) mass is 264 g/mol. The third kappa shape index (κ3) is 2.03. The third-order valence-corrected chi connectivity index (χ3v) is 2.68. The van der Waals surface area contributed by atoms with Gasteiger partial charge in [-0.15, -0.1) is 5.10 Å². The summed E-state index contributed by atoms with van der Waals surface area (Å²) in [4.78, 5) is 3.85. The number of pyridine rings is 1. The van der Waals surface area contributed by atoms with E-state index in [-0.39, 0.29) is 0 Å². The number of halogens is 3. The molecule has 0 saturated heterocycles. The Labute approximate surface area is 105 Å². The van der Waals surface area contributed by atoms with Gasteiger partial charge < -0.3 is 0 Å². The summed E-state index contributed by atoms with van der Waals surface area (Å²) in [6.07, 6.45) is -1.31. The molecule has 4 nitrogen and oxygen atoms in total.